The molecule has 1 nitrogen and oxygen atoms in total. The molecule has 1 saturated heterocycles. The first-order valence-electron chi connectivity index (χ1n) is 4.20. The highest BCUT2D eigenvalue weighted by Crippen LogP contribution is 2.30. The van der Waals surface area contributed by atoms with Crippen LogP contribution < -0.4 is 5.32 Å². The Morgan fingerprint density at radius 3 is 2.00 bits per heavy atom. The van der Waals surface area contributed by atoms with E-state index < -0.39 is 0 Å². The van der Waals surface area contributed by atoms with Gasteiger partial charge in [-0.15, -0.1) is 12.4 Å². The number of halogens is 1. The Hall–Kier alpha value is 0.250. The van der Waals surface area contributed by atoms with Gasteiger partial charge in [0.2, 0.25) is 0 Å². The number of hydrogen-bond acceptors (Lipinski definition) is 1. The number of nitrogens with one attached hydrogen (secondary N) is 1. The maximum atomic E-state index is 3.49. The van der Waals surface area contributed by atoms with Gasteiger partial charge in [-0.05, 0) is 31.7 Å². The van der Waals surface area contributed by atoms with Crippen molar-refractivity contribution in [3.05, 3.63) is 0 Å². The fourth-order valence-corrected chi connectivity index (χ4v) is 2.07. The van der Waals surface area contributed by atoms with E-state index in [1.54, 1.807) is 0 Å². The molecule has 0 spiro atoms. The second-order valence-corrected chi connectivity index (χ2v) is 3.39. The van der Waals surface area contributed by atoms with Gasteiger partial charge in [0.05, 0.1) is 0 Å². The lowest BCUT2D eigenvalue weighted by Crippen LogP contribution is -2.47. The van der Waals surface area contributed by atoms with Crippen LogP contribution in [0.3, 0.4) is 0 Å². The molecule has 1 aliphatic heterocycles. The summed E-state index contributed by atoms with van der Waals surface area (Å²) >= 11 is 0. The van der Waals surface area contributed by atoms with E-state index in [1.807, 2.05) is 0 Å². The summed E-state index contributed by atoms with van der Waals surface area (Å²) in [4.78, 5) is 0. The molecule has 10 heavy (non-hydrogen) atoms. The lowest BCUT2D eigenvalue weighted by atomic mass is 9.91. The molecule has 1 N–H and O–H groups in total. The van der Waals surface area contributed by atoms with E-state index in [4.69, 9.17) is 0 Å². The maximum Gasteiger partial charge on any atom is 0.0107 e. The lowest BCUT2D eigenvalue weighted by molar-refractivity contribution is 0.264. The van der Waals surface area contributed by atoms with Gasteiger partial charge in [-0.2, -0.15) is 0 Å². The predicted octanol–water partition coefficient (Wildman–Crippen LogP) is 1.96. The topological polar surface area (TPSA) is 12.0 Å². The summed E-state index contributed by atoms with van der Waals surface area (Å²) in [5, 5.41) is 3.49. The molecule has 0 bridgehead atoms. The molecule has 1 unspecified atom stereocenters. The monoisotopic (exact) mass is 161 g/mol. The standard InChI is InChI=1S/C8H15N.ClH/c1-2-4-7(3-1)8-5-6-9-8;/h7-9H,1-6H2;1H. The Labute approximate surface area is 69.0 Å². The van der Waals surface area contributed by atoms with Crippen molar-refractivity contribution in [1.82, 2.24) is 5.32 Å². The lowest BCUT2D eigenvalue weighted by Gasteiger charge is -2.32. The Bertz CT molecular complexity index is 95.4. The van der Waals surface area contributed by atoms with E-state index in [2.05, 4.69) is 5.32 Å². The smallest absolute Gasteiger partial charge is 0.0107 e. The van der Waals surface area contributed by atoms with Gasteiger partial charge in [0.25, 0.3) is 0 Å². The third kappa shape index (κ3) is 1.46. The van der Waals surface area contributed by atoms with Gasteiger partial charge in [-0.25, -0.2) is 0 Å². The van der Waals surface area contributed by atoms with Crippen molar-refractivity contribution < 1.29 is 0 Å². The molecule has 0 amide bonds. The summed E-state index contributed by atoms with van der Waals surface area (Å²) < 4.78 is 0. The molecule has 1 heterocycles. The first-order chi connectivity index (χ1) is 4.47. The Balaban J connectivity index is 0.000000500. The van der Waals surface area contributed by atoms with Crippen LogP contribution in [-0.4, -0.2) is 12.6 Å². The van der Waals surface area contributed by atoms with Crippen LogP contribution in [0.2, 0.25) is 0 Å². The first-order valence-corrected chi connectivity index (χ1v) is 4.20. The molecule has 2 fully saturated rings. The van der Waals surface area contributed by atoms with Crippen molar-refractivity contribution in [3.8, 4) is 0 Å². The van der Waals surface area contributed by atoms with E-state index in [0.29, 0.717) is 0 Å². The maximum absolute atomic E-state index is 3.49. The predicted molar refractivity (Wildman–Crippen MR) is 45.6 cm³/mol. The van der Waals surface area contributed by atoms with Crippen molar-refractivity contribution in [1.29, 1.82) is 0 Å². The van der Waals surface area contributed by atoms with Gasteiger partial charge < -0.3 is 5.32 Å². The zero-order chi connectivity index (χ0) is 6.10. The van der Waals surface area contributed by atoms with E-state index in [0.717, 1.165) is 12.0 Å². The van der Waals surface area contributed by atoms with Crippen LogP contribution in [0.1, 0.15) is 32.1 Å². The molecule has 0 aromatic carbocycles. The first kappa shape index (κ1) is 8.35. The molecule has 2 heteroatoms. The SMILES string of the molecule is C1CCC(C2CCN2)C1.Cl. The van der Waals surface area contributed by atoms with Crippen molar-refractivity contribution in [2.45, 2.75) is 38.1 Å². The van der Waals surface area contributed by atoms with Crippen LogP contribution in [-0.2, 0) is 0 Å². The molecule has 60 valence electrons. The van der Waals surface area contributed by atoms with E-state index in [1.165, 1.54) is 38.6 Å². The summed E-state index contributed by atoms with van der Waals surface area (Å²) in [5.41, 5.74) is 0. The van der Waals surface area contributed by atoms with Crippen molar-refractivity contribution in [2.75, 3.05) is 6.54 Å². The van der Waals surface area contributed by atoms with E-state index >= 15 is 0 Å². The number of rotatable bonds is 1. The summed E-state index contributed by atoms with van der Waals surface area (Å²) in [6.07, 6.45) is 7.42. The van der Waals surface area contributed by atoms with Crippen molar-refractivity contribution in [2.24, 2.45) is 5.92 Å². The largest absolute Gasteiger partial charge is 0.314 e. The zero-order valence-electron chi connectivity index (χ0n) is 6.31. The highest BCUT2D eigenvalue weighted by molar-refractivity contribution is 5.85. The third-order valence-corrected chi connectivity index (χ3v) is 2.83. The fraction of sp³-hybridized carbons (Fsp3) is 1.00. The van der Waals surface area contributed by atoms with Crippen LogP contribution in [0.15, 0.2) is 0 Å². The minimum absolute atomic E-state index is 0. The second kappa shape index (κ2) is 3.59. The second-order valence-electron chi connectivity index (χ2n) is 3.39. The minimum atomic E-state index is 0. The summed E-state index contributed by atoms with van der Waals surface area (Å²) in [6.45, 7) is 1.28. The molecule has 0 aromatic heterocycles. The Morgan fingerprint density at radius 2 is 1.60 bits per heavy atom. The Kier molecular flexibility index (Phi) is 2.99. The highest BCUT2D eigenvalue weighted by atomic mass is 35.5. The van der Waals surface area contributed by atoms with Crippen LogP contribution in [0.25, 0.3) is 0 Å². The molecular formula is C8H16ClN. The van der Waals surface area contributed by atoms with Crippen LogP contribution >= 0.6 is 12.4 Å². The van der Waals surface area contributed by atoms with Crippen molar-refractivity contribution >= 4 is 12.4 Å². The summed E-state index contributed by atoms with van der Waals surface area (Å²) in [5.74, 6) is 1.05. The fourth-order valence-electron chi connectivity index (χ4n) is 2.07. The van der Waals surface area contributed by atoms with E-state index in [-0.39, 0.29) is 12.4 Å². The average Bonchev–Trinajstić information content (AvgIpc) is 2.11. The molecular weight excluding hydrogens is 146 g/mol. The molecule has 1 saturated carbocycles. The molecule has 1 aliphatic carbocycles. The van der Waals surface area contributed by atoms with Gasteiger partial charge in [-0.1, -0.05) is 12.8 Å². The quantitative estimate of drug-likeness (QED) is 0.620. The van der Waals surface area contributed by atoms with Gasteiger partial charge >= 0.3 is 0 Å². The van der Waals surface area contributed by atoms with Gasteiger partial charge in [0.1, 0.15) is 0 Å². The van der Waals surface area contributed by atoms with Gasteiger partial charge in [0, 0.05) is 6.04 Å². The highest BCUT2D eigenvalue weighted by Gasteiger charge is 2.28. The molecule has 0 aromatic rings. The average molecular weight is 162 g/mol. The third-order valence-electron chi connectivity index (χ3n) is 2.83. The van der Waals surface area contributed by atoms with Gasteiger partial charge in [-0.3, -0.25) is 0 Å². The summed E-state index contributed by atoms with van der Waals surface area (Å²) in [7, 11) is 0. The minimum Gasteiger partial charge on any atom is -0.314 e. The molecule has 0 radical (unpaired) electrons. The molecule has 2 rings (SSSR count). The molecule has 1 atom stereocenters. The zero-order valence-corrected chi connectivity index (χ0v) is 7.12. The van der Waals surface area contributed by atoms with E-state index in [9.17, 15) is 0 Å². The number of hydrogen-bond donors (Lipinski definition) is 1. The Morgan fingerprint density at radius 1 is 1.00 bits per heavy atom. The summed E-state index contributed by atoms with van der Waals surface area (Å²) in [6, 6.07) is 0.924. The van der Waals surface area contributed by atoms with Crippen LogP contribution in [0, 0.1) is 5.92 Å². The van der Waals surface area contributed by atoms with Crippen LogP contribution in [0.4, 0.5) is 0 Å². The van der Waals surface area contributed by atoms with Gasteiger partial charge in [0.15, 0.2) is 0 Å². The van der Waals surface area contributed by atoms with Crippen molar-refractivity contribution in [3.63, 3.8) is 0 Å². The molecule has 2 aliphatic rings. The van der Waals surface area contributed by atoms with Crippen LogP contribution in [0.5, 0.6) is 0 Å². The normalized spacial score (nSPS) is 33.0.